The van der Waals surface area contributed by atoms with Crippen molar-refractivity contribution in [2.24, 2.45) is 0 Å². The number of rotatable bonds is 5. The van der Waals surface area contributed by atoms with E-state index in [1.54, 1.807) is 20.5 Å². The normalized spacial score (nSPS) is 24.8. The number of amides is 3. The Balaban J connectivity index is 1.62. The molecule has 3 amide bonds. The van der Waals surface area contributed by atoms with E-state index < -0.39 is 5.54 Å². The van der Waals surface area contributed by atoms with Gasteiger partial charge in [-0.05, 0) is 39.0 Å². The predicted molar refractivity (Wildman–Crippen MR) is 107 cm³/mol. The Morgan fingerprint density at radius 2 is 1.90 bits per heavy atom. The fourth-order valence-electron chi connectivity index (χ4n) is 4.81. The van der Waals surface area contributed by atoms with Crippen LogP contribution in [0.5, 0.6) is 0 Å². The number of nitrogens with zero attached hydrogens (tertiary/aromatic N) is 4. The molecule has 29 heavy (non-hydrogen) atoms. The molecule has 0 unspecified atom stereocenters. The molecule has 0 radical (unpaired) electrons. The Morgan fingerprint density at radius 3 is 2.55 bits per heavy atom. The number of fused-ring (bicyclic) bond motifs is 1. The van der Waals surface area contributed by atoms with Gasteiger partial charge in [0.25, 0.3) is 11.8 Å². The lowest BCUT2D eigenvalue weighted by atomic mass is 9.94. The van der Waals surface area contributed by atoms with Crippen molar-refractivity contribution >= 4 is 17.7 Å². The summed E-state index contributed by atoms with van der Waals surface area (Å²) in [5, 5.41) is 7.60. The van der Waals surface area contributed by atoms with Gasteiger partial charge in [-0.2, -0.15) is 5.10 Å². The molecule has 1 saturated heterocycles. The van der Waals surface area contributed by atoms with E-state index in [9.17, 15) is 14.4 Å². The zero-order valence-corrected chi connectivity index (χ0v) is 17.4. The molecular formula is C21H31N5O3. The third kappa shape index (κ3) is 3.53. The number of nitrogens with one attached hydrogen (secondary N) is 1. The highest BCUT2D eigenvalue weighted by Crippen LogP contribution is 2.29. The van der Waals surface area contributed by atoms with Crippen molar-refractivity contribution in [3.63, 3.8) is 0 Å². The van der Waals surface area contributed by atoms with Crippen LogP contribution in [0.1, 0.15) is 79.8 Å². The average molecular weight is 402 g/mol. The van der Waals surface area contributed by atoms with Gasteiger partial charge in [0.2, 0.25) is 5.91 Å². The van der Waals surface area contributed by atoms with Crippen molar-refractivity contribution in [2.75, 3.05) is 19.6 Å². The van der Waals surface area contributed by atoms with Crippen LogP contribution < -0.4 is 5.32 Å². The summed E-state index contributed by atoms with van der Waals surface area (Å²) < 4.78 is 1.56. The molecule has 2 aliphatic heterocycles. The quantitative estimate of drug-likeness (QED) is 0.815. The van der Waals surface area contributed by atoms with E-state index in [0.717, 1.165) is 58.0 Å². The first-order chi connectivity index (χ1) is 13.9. The van der Waals surface area contributed by atoms with Gasteiger partial charge in [-0.15, -0.1) is 0 Å². The lowest BCUT2D eigenvalue weighted by molar-refractivity contribution is -0.133. The Kier molecular flexibility index (Phi) is 5.36. The highest BCUT2D eigenvalue weighted by Gasteiger charge is 2.48. The first-order valence-corrected chi connectivity index (χ1v) is 10.9. The van der Waals surface area contributed by atoms with Crippen molar-refractivity contribution in [1.29, 1.82) is 0 Å². The van der Waals surface area contributed by atoms with Gasteiger partial charge in [-0.25, -0.2) is 0 Å². The first-order valence-electron chi connectivity index (χ1n) is 10.9. The minimum atomic E-state index is -1.01. The molecular weight excluding hydrogens is 370 g/mol. The standard InChI is InChI=1S/C21H31N5O3/c1-3-10-25-19(28)17-13-16(18(27)24-11-6-7-12-24)23-26(17)14-21(25,2)20(29)22-15-8-4-5-9-15/h13,15H,3-12,14H2,1-2H3,(H,22,29)/t21-/m0/s1. The molecule has 1 aliphatic carbocycles. The number of hydrogen-bond acceptors (Lipinski definition) is 4. The molecule has 1 atom stereocenters. The smallest absolute Gasteiger partial charge is 0.274 e. The molecule has 4 rings (SSSR count). The van der Waals surface area contributed by atoms with Crippen molar-refractivity contribution in [3.8, 4) is 0 Å². The van der Waals surface area contributed by atoms with E-state index in [-0.39, 0.29) is 30.3 Å². The highest BCUT2D eigenvalue weighted by molar-refractivity contribution is 6.02. The van der Waals surface area contributed by atoms with Crippen molar-refractivity contribution in [1.82, 2.24) is 24.9 Å². The molecule has 1 N–H and O–H groups in total. The summed E-state index contributed by atoms with van der Waals surface area (Å²) in [5.41, 5.74) is -0.317. The molecule has 2 fully saturated rings. The van der Waals surface area contributed by atoms with E-state index in [1.807, 2.05) is 13.8 Å². The summed E-state index contributed by atoms with van der Waals surface area (Å²) in [6, 6.07) is 1.78. The maximum atomic E-state index is 13.3. The van der Waals surface area contributed by atoms with Crippen LogP contribution in [0, 0.1) is 0 Å². The summed E-state index contributed by atoms with van der Waals surface area (Å²) in [4.78, 5) is 42.7. The van der Waals surface area contributed by atoms with Crippen molar-refractivity contribution in [2.45, 2.75) is 76.9 Å². The Labute approximate surface area is 171 Å². The Hall–Kier alpha value is -2.38. The number of hydrogen-bond donors (Lipinski definition) is 1. The number of carbonyl (C=O) groups is 3. The number of carbonyl (C=O) groups excluding carboxylic acids is 3. The molecule has 158 valence electrons. The SMILES string of the molecule is CCCN1C(=O)c2cc(C(=O)N3CCCC3)nn2C[C@@]1(C)C(=O)NC1CCCC1. The maximum Gasteiger partial charge on any atom is 0.274 e. The lowest BCUT2D eigenvalue weighted by Gasteiger charge is -2.43. The largest absolute Gasteiger partial charge is 0.351 e. The van der Waals surface area contributed by atoms with Crippen LogP contribution in [0.25, 0.3) is 0 Å². The summed E-state index contributed by atoms with van der Waals surface area (Å²) in [6.45, 7) is 6.04. The van der Waals surface area contributed by atoms with E-state index in [4.69, 9.17) is 0 Å². The summed E-state index contributed by atoms with van der Waals surface area (Å²) in [5.74, 6) is -0.480. The number of aromatic nitrogens is 2. The van der Waals surface area contributed by atoms with Gasteiger partial charge in [0.15, 0.2) is 5.69 Å². The minimum absolute atomic E-state index is 0.125. The third-order valence-corrected chi connectivity index (χ3v) is 6.54. The molecule has 1 saturated carbocycles. The second kappa shape index (κ2) is 7.80. The van der Waals surface area contributed by atoms with E-state index >= 15 is 0 Å². The molecule has 8 nitrogen and oxygen atoms in total. The lowest BCUT2D eigenvalue weighted by Crippen LogP contribution is -2.65. The second-order valence-corrected chi connectivity index (χ2v) is 8.76. The van der Waals surface area contributed by atoms with Crippen LogP contribution in [0.4, 0.5) is 0 Å². The van der Waals surface area contributed by atoms with Crippen LogP contribution in [0.15, 0.2) is 6.07 Å². The van der Waals surface area contributed by atoms with Gasteiger partial charge in [0, 0.05) is 31.7 Å². The van der Waals surface area contributed by atoms with E-state index in [1.165, 1.54) is 0 Å². The van der Waals surface area contributed by atoms with Crippen molar-refractivity contribution in [3.05, 3.63) is 17.5 Å². The van der Waals surface area contributed by atoms with Crippen LogP contribution in [-0.4, -0.2) is 68.5 Å². The predicted octanol–water partition coefficient (Wildman–Crippen LogP) is 1.80. The van der Waals surface area contributed by atoms with Gasteiger partial charge < -0.3 is 15.1 Å². The first kappa shape index (κ1) is 19.9. The minimum Gasteiger partial charge on any atom is -0.351 e. The third-order valence-electron chi connectivity index (χ3n) is 6.54. The van der Waals surface area contributed by atoms with Crippen LogP contribution in [0.2, 0.25) is 0 Å². The highest BCUT2D eigenvalue weighted by atomic mass is 16.2. The average Bonchev–Trinajstić information content (AvgIpc) is 3.45. The zero-order valence-electron chi connectivity index (χ0n) is 17.4. The summed E-state index contributed by atoms with van der Waals surface area (Å²) >= 11 is 0. The molecule has 8 heteroatoms. The fourth-order valence-corrected chi connectivity index (χ4v) is 4.81. The molecule has 0 aromatic carbocycles. The van der Waals surface area contributed by atoms with Gasteiger partial charge in [-0.3, -0.25) is 19.1 Å². The van der Waals surface area contributed by atoms with Gasteiger partial charge in [0.05, 0.1) is 6.54 Å². The summed E-state index contributed by atoms with van der Waals surface area (Å²) in [6.07, 6.45) is 7.00. The molecule has 1 aromatic rings. The van der Waals surface area contributed by atoms with Gasteiger partial charge in [0.1, 0.15) is 11.2 Å². The maximum absolute atomic E-state index is 13.3. The zero-order chi connectivity index (χ0) is 20.6. The van der Waals surface area contributed by atoms with Crippen molar-refractivity contribution < 1.29 is 14.4 Å². The van der Waals surface area contributed by atoms with Gasteiger partial charge in [-0.1, -0.05) is 19.8 Å². The monoisotopic (exact) mass is 401 g/mol. The molecule has 3 aliphatic rings. The Morgan fingerprint density at radius 1 is 1.21 bits per heavy atom. The summed E-state index contributed by atoms with van der Waals surface area (Å²) in [7, 11) is 0. The molecule has 0 bridgehead atoms. The topological polar surface area (TPSA) is 87.5 Å². The molecule has 0 spiro atoms. The van der Waals surface area contributed by atoms with E-state index in [0.29, 0.717) is 17.9 Å². The van der Waals surface area contributed by atoms with Crippen LogP contribution in [0.3, 0.4) is 0 Å². The Bertz CT molecular complexity index is 807. The molecule has 3 heterocycles. The second-order valence-electron chi connectivity index (χ2n) is 8.76. The number of likely N-dealkylation sites (tertiary alicyclic amines) is 1. The van der Waals surface area contributed by atoms with E-state index in [2.05, 4.69) is 10.4 Å². The van der Waals surface area contributed by atoms with Gasteiger partial charge >= 0.3 is 0 Å². The van der Waals surface area contributed by atoms with Crippen LogP contribution in [-0.2, 0) is 11.3 Å². The fraction of sp³-hybridized carbons (Fsp3) is 0.714. The molecule has 1 aromatic heterocycles. The van der Waals surface area contributed by atoms with Crippen LogP contribution >= 0.6 is 0 Å².